The summed E-state index contributed by atoms with van der Waals surface area (Å²) in [6, 6.07) is 13.3. The van der Waals surface area contributed by atoms with E-state index in [1.807, 2.05) is 56.3 Å². The number of hydrogen-bond acceptors (Lipinski definition) is 2. The Morgan fingerprint density at radius 3 is 2.73 bits per heavy atom. The summed E-state index contributed by atoms with van der Waals surface area (Å²) >= 11 is 3.38. The Morgan fingerprint density at radius 2 is 2.00 bits per heavy atom. The first-order valence-electron chi connectivity index (χ1n) is 7.05. The van der Waals surface area contributed by atoms with Crippen LogP contribution in [0.5, 0.6) is 5.75 Å². The number of urea groups is 1. The third-order valence-electron chi connectivity index (χ3n) is 3.08. The van der Waals surface area contributed by atoms with Gasteiger partial charge in [0.05, 0.1) is 6.54 Å². The van der Waals surface area contributed by atoms with E-state index in [2.05, 4.69) is 26.6 Å². The summed E-state index contributed by atoms with van der Waals surface area (Å²) in [5.74, 6) is 0.769. The molecule has 22 heavy (non-hydrogen) atoms. The largest absolute Gasteiger partial charge is 0.492 e. The molecule has 0 aliphatic rings. The number of nitrogens with one attached hydrogen (secondary N) is 2. The lowest BCUT2D eigenvalue weighted by molar-refractivity contribution is 0.247. The van der Waals surface area contributed by atoms with E-state index in [0.717, 1.165) is 21.5 Å². The van der Waals surface area contributed by atoms with Crippen LogP contribution in [0.1, 0.15) is 11.1 Å². The van der Waals surface area contributed by atoms with Gasteiger partial charge in [0, 0.05) is 10.2 Å². The predicted molar refractivity (Wildman–Crippen MR) is 92.6 cm³/mol. The second-order valence-corrected chi connectivity index (χ2v) is 5.92. The van der Waals surface area contributed by atoms with Gasteiger partial charge in [-0.15, -0.1) is 0 Å². The Hall–Kier alpha value is -2.01. The van der Waals surface area contributed by atoms with E-state index in [-0.39, 0.29) is 6.03 Å². The van der Waals surface area contributed by atoms with Crippen LogP contribution in [-0.4, -0.2) is 19.2 Å². The van der Waals surface area contributed by atoms with Gasteiger partial charge in [0.2, 0.25) is 0 Å². The summed E-state index contributed by atoms with van der Waals surface area (Å²) in [4.78, 5) is 11.8. The minimum Gasteiger partial charge on any atom is -0.492 e. The van der Waals surface area contributed by atoms with Crippen molar-refractivity contribution in [2.24, 2.45) is 0 Å². The average molecular weight is 363 g/mol. The molecule has 0 bridgehead atoms. The molecule has 0 saturated heterocycles. The molecule has 4 nitrogen and oxygen atoms in total. The molecule has 0 saturated carbocycles. The zero-order valence-electron chi connectivity index (χ0n) is 12.7. The van der Waals surface area contributed by atoms with Crippen LogP contribution in [0.3, 0.4) is 0 Å². The fourth-order valence-corrected chi connectivity index (χ4v) is 2.39. The Morgan fingerprint density at radius 1 is 1.18 bits per heavy atom. The molecular formula is C17H19BrN2O2. The van der Waals surface area contributed by atoms with Gasteiger partial charge in [-0.2, -0.15) is 0 Å². The van der Waals surface area contributed by atoms with E-state index in [1.54, 1.807) is 0 Å². The zero-order chi connectivity index (χ0) is 15.9. The molecule has 2 aromatic carbocycles. The standard InChI is InChI=1S/C17H19BrN2O2/c1-12-6-7-16(13(2)10-12)20-17(21)19-8-9-22-15-5-3-4-14(18)11-15/h3-7,10-11H,8-9H2,1-2H3,(H2,19,20,21). The van der Waals surface area contributed by atoms with Crippen molar-refractivity contribution in [3.8, 4) is 5.75 Å². The van der Waals surface area contributed by atoms with E-state index >= 15 is 0 Å². The van der Waals surface area contributed by atoms with Crippen LogP contribution in [0.2, 0.25) is 0 Å². The number of benzene rings is 2. The Bertz CT molecular complexity index is 659. The Kier molecular flexibility index (Phi) is 5.83. The normalized spacial score (nSPS) is 10.1. The van der Waals surface area contributed by atoms with Gasteiger partial charge in [0.1, 0.15) is 12.4 Å². The average Bonchev–Trinajstić information content (AvgIpc) is 2.47. The molecule has 0 aliphatic heterocycles. The van der Waals surface area contributed by atoms with Gasteiger partial charge in [-0.05, 0) is 43.7 Å². The third-order valence-corrected chi connectivity index (χ3v) is 3.58. The molecule has 0 aliphatic carbocycles. The SMILES string of the molecule is Cc1ccc(NC(=O)NCCOc2cccc(Br)c2)c(C)c1. The van der Waals surface area contributed by atoms with Gasteiger partial charge in [0.25, 0.3) is 0 Å². The molecule has 2 aromatic rings. The van der Waals surface area contributed by atoms with Crippen molar-refractivity contribution in [3.05, 3.63) is 58.1 Å². The lowest BCUT2D eigenvalue weighted by Crippen LogP contribution is -2.32. The molecule has 0 heterocycles. The molecule has 0 radical (unpaired) electrons. The van der Waals surface area contributed by atoms with Crippen molar-refractivity contribution in [2.75, 3.05) is 18.5 Å². The summed E-state index contributed by atoms with van der Waals surface area (Å²) in [6.45, 7) is 4.84. The molecule has 2 N–H and O–H groups in total. The van der Waals surface area contributed by atoms with E-state index < -0.39 is 0 Å². The Labute approximate surface area is 139 Å². The van der Waals surface area contributed by atoms with Crippen LogP contribution in [0.25, 0.3) is 0 Å². The van der Waals surface area contributed by atoms with Gasteiger partial charge in [0.15, 0.2) is 0 Å². The van der Waals surface area contributed by atoms with Crippen molar-refractivity contribution >= 4 is 27.6 Å². The van der Waals surface area contributed by atoms with Crippen molar-refractivity contribution in [1.82, 2.24) is 5.32 Å². The molecule has 2 amide bonds. The highest BCUT2D eigenvalue weighted by Gasteiger charge is 2.04. The molecule has 0 aromatic heterocycles. The summed E-state index contributed by atoms with van der Waals surface area (Å²) in [7, 11) is 0. The van der Waals surface area contributed by atoms with Crippen molar-refractivity contribution < 1.29 is 9.53 Å². The molecule has 0 unspecified atom stereocenters. The summed E-state index contributed by atoms with van der Waals surface area (Å²) in [6.07, 6.45) is 0. The molecule has 2 rings (SSSR count). The van der Waals surface area contributed by atoms with Crippen LogP contribution < -0.4 is 15.4 Å². The summed E-state index contributed by atoms with van der Waals surface area (Å²) in [5.41, 5.74) is 3.03. The van der Waals surface area contributed by atoms with Crippen molar-refractivity contribution in [1.29, 1.82) is 0 Å². The van der Waals surface area contributed by atoms with Gasteiger partial charge >= 0.3 is 6.03 Å². The highest BCUT2D eigenvalue weighted by Crippen LogP contribution is 2.17. The lowest BCUT2D eigenvalue weighted by atomic mass is 10.1. The number of halogens is 1. The fraction of sp³-hybridized carbons (Fsp3) is 0.235. The maximum absolute atomic E-state index is 11.8. The number of aryl methyl sites for hydroxylation is 2. The minimum atomic E-state index is -0.232. The van der Waals surface area contributed by atoms with Gasteiger partial charge in [-0.1, -0.05) is 39.7 Å². The highest BCUT2D eigenvalue weighted by molar-refractivity contribution is 9.10. The first-order chi connectivity index (χ1) is 10.5. The minimum absolute atomic E-state index is 0.232. The van der Waals surface area contributed by atoms with Crippen molar-refractivity contribution in [3.63, 3.8) is 0 Å². The number of carbonyl (C=O) groups excluding carboxylic acids is 1. The van der Waals surface area contributed by atoms with Gasteiger partial charge < -0.3 is 15.4 Å². The first-order valence-corrected chi connectivity index (χ1v) is 7.84. The summed E-state index contributed by atoms with van der Waals surface area (Å²) in [5, 5.41) is 5.60. The van der Waals surface area contributed by atoms with E-state index in [4.69, 9.17) is 4.74 Å². The molecule has 0 spiro atoms. The van der Waals surface area contributed by atoms with Crippen LogP contribution >= 0.6 is 15.9 Å². The van der Waals surface area contributed by atoms with E-state index in [9.17, 15) is 4.79 Å². The second-order valence-electron chi connectivity index (χ2n) is 5.01. The van der Waals surface area contributed by atoms with Crippen LogP contribution in [0.4, 0.5) is 10.5 Å². The molecule has 0 atom stereocenters. The van der Waals surface area contributed by atoms with Crippen LogP contribution in [0.15, 0.2) is 46.9 Å². The maximum atomic E-state index is 11.8. The highest BCUT2D eigenvalue weighted by atomic mass is 79.9. The number of amides is 2. The number of ether oxygens (including phenoxy) is 1. The zero-order valence-corrected chi connectivity index (χ0v) is 14.2. The van der Waals surface area contributed by atoms with E-state index in [0.29, 0.717) is 13.2 Å². The number of rotatable bonds is 5. The maximum Gasteiger partial charge on any atom is 0.319 e. The molecule has 116 valence electrons. The predicted octanol–water partition coefficient (Wildman–Crippen LogP) is 4.27. The second kappa shape index (κ2) is 7.84. The molecule has 5 heteroatoms. The van der Waals surface area contributed by atoms with Gasteiger partial charge in [-0.3, -0.25) is 0 Å². The Balaban J connectivity index is 1.74. The van der Waals surface area contributed by atoms with Crippen molar-refractivity contribution in [2.45, 2.75) is 13.8 Å². The monoisotopic (exact) mass is 362 g/mol. The topological polar surface area (TPSA) is 50.4 Å². The quantitative estimate of drug-likeness (QED) is 0.780. The first kappa shape index (κ1) is 16.4. The molecule has 0 fully saturated rings. The summed E-state index contributed by atoms with van der Waals surface area (Å²) < 4.78 is 6.52. The third kappa shape index (κ3) is 5.07. The number of carbonyl (C=O) groups is 1. The lowest BCUT2D eigenvalue weighted by Gasteiger charge is -2.11. The number of hydrogen-bond donors (Lipinski definition) is 2. The fourth-order valence-electron chi connectivity index (χ4n) is 2.01. The van der Waals surface area contributed by atoms with Crippen LogP contribution in [0, 0.1) is 13.8 Å². The van der Waals surface area contributed by atoms with Gasteiger partial charge in [-0.25, -0.2) is 4.79 Å². The van der Waals surface area contributed by atoms with Crippen LogP contribution in [-0.2, 0) is 0 Å². The van der Waals surface area contributed by atoms with E-state index in [1.165, 1.54) is 5.56 Å². The number of anilines is 1. The molecular weight excluding hydrogens is 344 g/mol. The smallest absolute Gasteiger partial charge is 0.319 e.